The van der Waals surface area contributed by atoms with Gasteiger partial charge in [0, 0.05) is 12.6 Å². The van der Waals surface area contributed by atoms with Crippen LogP contribution < -0.4 is 10.6 Å². The number of aryl methyl sites for hydroxylation is 2. The molecule has 168 valence electrons. The molecule has 4 rings (SSSR count). The predicted molar refractivity (Wildman–Crippen MR) is 116 cm³/mol. The first-order valence-electron chi connectivity index (χ1n) is 9.87. The number of benzene rings is 2. The molecule has 0 saturated heterocycles. The second-order valence-corrected chi connectivity index (χ2v) is 7.28. The Balaban J connectivity index is 1.59. The van der Waals surface area contributed by atoms with Gasteiger partial charge in [0.15, 0.2) is 23.1 Å². The van der Waals surface area contributed by atoms with Crippen LogP contribution in [0.25, 0.3) is 22.3 Å². The number of halogens is 3. The normalized spacial score (nSPS) is 10.9. The largest absolute Gasteiger partial charge is 0.343 e. The van der Waals surface area contributed by atoms with Crippen LogP contribution in [-0.4, -0.2) is 33.1 Å². The van der Waals surface area contributed by atoms with Gasteiger partial charge in [0.05, 0.1) is 34.6 Å². The Morgan fingerprint density at radius 3 is 2.48 bits per heavy atom. The number of carbonyl (C=O) groups is 2. The highest BCUT2D eigenvalue weighted by atomic mass is 19.2. The molecular weight excluding hydrogens is 435 g/mol. The molecule has 0 saturated carbocycles. The number of rotatable bonds is 5. The molecule has 0 spiro atoms. The number of carbonyl (C=O) groups excluding carboxylic acids is 2. The molecule has 10 heteroatoms. The molecule has 33 heavy (non-hydrogen) atoms. The lowest BCUT2D eigenvalue weighted by molar-refractivity contribution is -0.115. The molecule has 0 aliphatic heterocycles. The van der Waals surface area contributed by atoms with Gasteiger partial charge in [-0.1, -0.05) is 30.3 Å². The van der Waals surface area contributed by atoms with E-state index < -0.39 is 41.5 Å². The summed E-state index contributed by atoms with van der Waals surface area (Å²) in [5.41, 5.74) is 2.14. The van der Waals surface area contributed by atoms with Crippen molar-refractivity contribution in [2.24, 2.45) is 7.05 Å². The maximum atomic E-state index is 13.8. The molecule has 7 nitrogen and oxygen atoms in total. The van der Waals surface area contributed by atoms with Crippen LogP contribution in [-0.2, 0) is 11.8 Å². The average molecular weight is 453 g/mol. The summed E-state index contributed by atoms with van der Waals surface area (Å²) >= 11 is 0. The van der Waals surface area contributed by atoms with Gasteiger partial charge >= 0.3 is 0 Å². The van der Waals surface area contributed by atoms with E-state index in [-0.39, 0.29) is 5.56 Å². The Hall–Kier alpha value is -4.21. The molecule has 4 aromatic rings. The van der Waals surface area contributed by atoms with E-state index in [2.05, 4.69) is 20.7 Å². The number of anilines is 1. The number of fused-ring (bicyclic) bond motifs is 1. The standard InChI is InChI=1S/C23H18F3N5O2/c1-12-19-14(10-17(13-6-4-3-5-7-13)29-22(19)31(2)30-12)23(33)27-11-18(32)28-16-9-8-15(24)20(25)21(16)26/h3-10H,11H2,1-2H3,(H,27,33)(H,28,32). The Bertz CT molecular complexity index is 1390. The van der Waals surface area contributed by atoms with E-state index in [1.807, 2.05) is 30.3 Å². The minimum absolute atomic E-state index is 0.260. The fraction of sp³-hybridized carbons (Fsp3) is 0.130. The van der Waals surface area contributed by atoms with Crippen molar-refractivity contribution in [2.75, 3.05) is 11.9 Å². The summed E-state index contributed by atoms with van der Waals surface area (Å²) in [6.07, 6.45) is 0. The summed E-state index contributed by atoms with van der Waals surface area (Å²) in [4.78, 5) is 29.8. The summed E-state index contributed by atoms with van der Waals surface area (Å²) in [5.74, 6) is -5.98. The number of aromatic nitrogens is 3. The van der Waals surface area contributed by atoms with Gasteiger partial charge in [-0.3, -0.25) is 14.3 Å². The quantitative estimate of drug-likeness (QED) is 0.451. The van der Waals surface area contributed by atoms with Crippen molar-refractivity contribution in [3.8, 4) is 11.3 Å². The molecule has 0 atom stereocenters. The first-order chi connectivity index (χ1) is 15.8. The van der Waals surface area contributed by atoms with Gasteiger partial charge in [-0.2, -0.15) is 5.10 Å². The van der Waals surface area contributed by atoms with E-state index in [1.165, 1.54) is 0 Å². The average Bonchev–Trinajstić information content (AvgIpc) is 3.11. The third kappa shape index (κ3) is 4.27. The zero-order valence-electron chi connectivity index (χ0n) is 17.6. The molecule has 0 aliphatic carbocycles. The molecule has 0 fully saturated rings. The van der Waals surface area contributed by atoms with E-state index in [0.717, 1.165) is 11.6 Å². The van der Waals surface area contributed by atoms with Crippen molar-refractivity contribution in [1.29, 1.82) is 0 Å². The number of amides is 2. The number of nitrogens with zero attached hydrogens (tertiary/aromatic N) is 3. The summed E-state index contributed by atoms with van der Waals surface area (Å²) < 4.78 is 41.8. The van der Waals surface area contributed by atoms with E-state index >= 15 is 0 Å². The van der Waals surface area contributed by atoms with Gasteiger partial charge < -0.3 is 10.6 Å². The Morgan fingerprint density at radius 1 is 1.03 bits per heavy atom. The Morgan fingerprint density at radius 2 is 1.76 bits per heavy atom. The van der Waals surface area contributed by atoms with E-state index in [0.29, 0.717) is 28.5 Å². The molecule has 0 bridgehead atoms. The number of pyridine rings is 1. The first-order valence-corrected chi connectivity index (χ1v) is 9.87. The van der Waals surface area contributed by atoms with Crippen LogP contribution in [0.1, 0.15) is 16.1 Å². The van der Waals surface area contributed by atoms with Crippen molar-refractivity contribution < 1.29 is 22.8 Å². The number of hydrogen-bond acceptors (Lipinski definition) is 4. The fourth-order valence-electron chi connectivity index (χ4n) is 3.45. The van der Waals surface area contributed by atoms with Crippen molar-refractivity contribution in [3.63, 3.8) is 0 Å². The van der Waals surface area contributed by atoms with Gasteiger partial charge in [-0.05, 0) is 25.1 Å². The maximum Gasteiger partial charge on any atom is 0.252 e. The highest BCUT2D eigenvalue weighted by Gasteiger charge is 2.20. The molecule has 2 aromatic heterocycles. The summed E-state index contributed by atoms with van der Waals surface area (Å²) in [5, 5.41) is 9.44. The first kappa shape index (κ1) is 22.0. The lowest BCUT2D eigenvalue weighted by Crippen LogP contribution is -2.33. The molecule has 2 heterocycles. The Kier molecular flexibility index (Phi) is 5.82. The van der Waals surface area contributed by atoms with E-state index in [4.69, 9.17) is 0 Å². The molecule has 2 aromatic carbocycles. The van der Waals surface area contributed by atoms with E-state index in [1.54, 1.807) is 24.7 Å². The van der Waals surface area contributed by atoms with Crippen LogP contribution in [0.2, 0.25) is 0 Å². The molecule has 0 aliphatic rings. The third-order valence-electron chi connectivity index (χ3n) is 5.00. The van der Waals surface area contributed by atoms with Crippen molar-refractivity contribution >= 4 is 28.5 Å². The topological polar surface area (TPSA) is 88.9 Å². The van der Waals surface area contributed by atoms with Gasteiger partial charge in [-0.15, -0.1) is 0 Å². The van der Waals surface area contributed by atoms with E-state index in [9.17, 15) is 22.8 Å². The second-order valence-electron chi connectivity index (χ2n) is 7.28. The van der Waals surface area contributed by atoms with Crippen LogP contribution >= 0.6 is 0 Å². The lowest BCUT2D eigenvalue weighted by Gasteiger charge is -2.10. The number of hydrogen-bond donors (Lipinski definition) is 2. The Labute approximate surface area is 186 Å². The highest BCUT2D eigenvalue weighted by Crippen LogP contribution is 2.27. The van der Waals surface area contributed by atoms with Crippen LogP contribution in [0.5, 0.6) is 0 Å². The molecule has 0 unspecified atom stereocenters. The summed E-state index contributed by atoms with van der Waals surface area (Å²) in [7, 11) is 1.71. The summed E-state index contributed by atoms with van der Waals surface area (Å²) in [6, 6.07) is 12.4. The van der Waals surface area contributed by atoms with Crippen LogP contribution in [0.4, 0.5) is 18.9 Å². The molecular formula is C23H18F3N5O2. The molecule has 2 amide bonds. The molecule has 2 N–H and O–H groups in total. The zero-order chi connectivity index (χ0) is 23.7. The van der Waals surface area contributed by atoms with Gasteiger partial charge in [0.25, 0.3) is 5.91 Å². The zero-order valence-corrected chi connectivity index (χ0v) is 17.6. The smallest absolute Gasteiger partial charge is 0.252 e. The van der Waals surface area contributed by atoms with Gasteiger partial charge in [0.2, 0.25) is 5.91 Å². The van der Waals surface area contributed by atoms with Crippen LogP contribution in [0.3, 0.4) is 0 Å². The van der Waals surface area contributed by atoms with Crippen LogP contribution in [0, 0.1) is 24.4 Å². The minimum Gasteiger partial charge on any atom is -0.343 e. The fourth-order valence-corrected chi connectivity index (χ4v) is 3.45. The van der Waals surface area contributed by atoms with Gasteiger partial charge in [-0.25, -0.2) is 18.2 Å². The summed E-state index contributed by atoms with van der Waals surface area (Å²) in [6.45, 7) is 1.21. The lowest BCUT2D eigenvalue weighted by atomic mass is 10.0. The SMILES string of the molecule is Cc1nn(C)c2nc(-c3ccccc3)cc(C(=O)NCC(=O)Nc3ccc(F)c(F)c3F)c12. The van der Waals surface area contributed by atoms with Crippen molar-refractivity contribution in [3.05, 3.63) is 77.2 Å². The highest BCUT2D eigenvalue weighted by molar-refractivity contribution is 6.08. The molecule has 0 radical (unpaired) electrons. The van der Waals surface area contributed by atoms with Crippen molar-refractivity contribution in [2.45, 2.75) is 6.92 Å². The maximum absolute atomic E-state index is 13.8. The monoisotopic (exact) mass is 453 g/mol. The third-order valence-corrected chi connectivity index (χ3v) is 5.00. The van der Waals surface area contributed by atoms with Crippen molar-refractivity contribution in [1.82, 2.24) is 20.1 Å². The predicted octanol–water partition coefficient (Wildman–Crippen LogP) is 3.73. The second kappa shape index (κ2) is 8.73. The van der Waals surface area contributed by atoms with Crippen LogP contribution in [0.15, 0.2) is 48.5 Å². The number of nitrogens with one attached hydrogen (secondary N) is 2. The minimum atomic E-state index is -1.70. The van der Waals surface area contributed by atoms with Gasteiger partial charge in [0.1, 0.15) is 0 Å².